The van der Waals surface area contributed by atoms with E-state index in [1.165, 1.54) is 24.3 Å². The van der Waals surface area contributed by atoms with E-state index >= 15 is 0 Å². The first-order valence-electron chi connectivity index (χ1n) is 13.2. The van der Waals surface area contributed by atoms with E-state index in [4.69, 9.17) is 10.5 Å². The number of methoxy groups -OCH3 is 1. The lowest BCUT2D eigenvalue weighted by atomic mass is 9.88. The van der Waals surface area contributed by atoms with Gasteiger partial charge in [-0.1, -0.05) is 31.2 Å². The first kappa shape index (κ1) is 30.5. The van der Waals surface area contributed by atoms with Crippen LogP contribution >= 0.6 is 0 Å². The van der Waals surface area contributed by atoms with Crippen LogP contribution in [0.3, 0.4) is 0 Å². The number of sulfone groups is 1. The average Bonchev–Trinajstić information content (AvgIpc) is 3.37. The zero-order chi connectivity index (χ0) is 29.9. The van der Waals surface area contributed by atoms with Crippen molar-refractivity contribution < 1.29 is 36.2 Å². The molecule has 1 fully saturated rings. The van der Waals surface area contributed by atoms with Gasteiger partial charge < -0.3 is 20.5 Å². The van der Waals surface area contributed by atoms with E-state index in [1.54, 1.807) is 44.4 Å². The Balaban J connectivity index is 1.69. The highest BCUT2D eigenvalue weighted by molar-refractivity contribution is 7.91. The second-order valence-corrected chi connectivity index (χ2v) is 12.4. The molecule has 1 unspecified atom stereocenters. The molecule has 3 N–H and O–H groups in total. The fraction of sp³-hybridized carbons (Fsp3) is 0.367. The van der Waals surface area contributed by atoms with E-state index in [9.17, 15) is 31.5 Å². The fourth-order valence-electron chi connectivity index (χ4n) is 5.47. The number of ether oxygens (including phenoxy) is 1. The van der Waals surface area contributed by atoms with Gasteiger partial charge in [0, 0.05) is 36.7 Å². The SMILES string of the molecule is CCS(=O)(=O)c1ccc([C@@H](CO)c2cc(N3CC(c4ccc(C(F)(F)F)cc4)C[C@H]3COC)ccc2C(N)=O)cc1. The molecule has 7 nitrogen and oxygen atoms in total. The average molecular weight is 591 g/mol. The Labute approximate surface area is 237 Å². The molecule has 3 aromatic carbocycles. The number of rotatable bonds is 10. The third-order valence-electron chi connectivity index (χ3n) is 7.69. The zero-order valence-corrected chi connectivity index (χ0v) is 23.6. The molecule has 41 heavy (non-hydrogen) atoms. The summed E-state index contributed by atoms with van der Waals surface area (Å²) >= 11 is 0. The number of amides is 1. The van der Waals surface area contributed by atoms with Gasteiger partial charge in [-0.05, 0) is 65.6 Å². The Morgan fingerprint density at radius 2 is 1.76 bits per heavy atom. The molecule has 1 saturated heterocycles. The van der Waals surface area contributed by atoms with E-state index in [-0.39, 0.29) is 34.8 Å². The molecule has 1 aliphatic rings. The lowest BCUT2D eigenvalue weighted by Gasteiger charge is -2.28. The molecule has 3 aromatic rings. The minimum absolute atomic E-state index is 0.0460. The van der Waals surface area contributed by atoms with Crippen LogP contribution in [0.1, 0.15) is 57.8 Å². The van der Waals surface area contributed by atoms with Gasteiger partial charge in [0.15, 0.2) is 9.84 Å². The van der Waals surface area contributed by atoms with Crippen LogP contribution in [0.15, 0.2) is 71.6 Å². The second kappa shape index (κ2) is 12.2. The standard InChI is InChI=1S/C30H33F3N2O5S/c1-3-41(38,39)25-11-6-20(7-12-25)28(17-36)27-15-23(10-13-26(27)29(34)37)35-16-21(14-24(35)18-40-2)19-4-8-22(9-5-19)30(31,32)33/h4-13,15,21,24,28,36H,3,14,16-18H2,1-2H3,(H2,34,37)/t21?,24-,28+/m0/s1. The molecule has 1 amide bonds. The van der Waals surface area contributed by atoms with Gasteiger partial charge in [0.1, 0.15) is 0 Å². The molecule has 0 radical (unpaired) electrons. The summed E-state index contributed by atoms with van der Waals surface area (Å²) in [5.74, 6) is -1.44. The van der Waals surface area contributed by atoms with Crippen LogP contribution in [0.2, 0.25) is 0 Å². The summed E-state index contributed by atoms with van der Waals surface area (Å²) in [5.41, 5.74) is 7.83. The Morgan fingerprint density at radius 1 is 1.10 bits per heavy atom. The number of carbonyl (C=O) groups is 1. The third-order valence-corrected chi connectivity index (χ3v) is 9.45. The predicted molar refractivity (Wildman–Crippen MR) is 150 cm³/mol. The van der Waals surface area contributed by atoms with Crippen molar-refractivity contribution in [2.75, 3.05) is 37.5 Å². The number of carbonyl (C=O) groups excluding carboxylic acids is 1. The molecular weight excluding hydrogens is 557 g/mol. The van der Waals surface area contributed by atoms with Gasteiger partial charge in [-0.25, -0.2) is 8.42 Å². The van der Waals surface area contributed by atoms with Gasteiger partial charge >= 0.3 is 6.18 Å². The zero-order valence-electron chi connectivity index (χ0n) is 22.8. The van der Waals surface area contributed by atoms with Gasteiger partial charge in [0.25, 0.3) is 0 Å². The maximum atomic E-state index is 13.1. The van der Waals surface area contributed by atoms with Gasteiger partial charge in [0.05, 0.1) is 35.5 Å². The number of anilines is 1. The van der Waals surface area contributed by atoms with E-state index in [1.807, 2.05) is 0 Å². The number of hydrogen-bond acceptors (Lipinski definition) is 6. The summed E-state index contributed by atoms with van der Waals surface area (Å²) in [7, 11) is -1.83. The van der Waals surface area contributed by atoms with Crippen LogP contribution in [0, 0.1) is 0 Å². The molecule has 220 valence electrons. The summed E-state index contributed by atoms with van der Waals surface area (Å²) in [6.07, 6.45) is -3.77. The first-order valence-corrected chi connectivity index (χ1v) is 14.8. The minimum Gasteiger partial charge on any atom is -0.395 e. The van der Waals surface area contributed by atoms with Crippen LogP contribution in [0.4, 0.5) is 18.9 Å². The molecule has 0 aliphatic carbocycles. The molecule has 3 atom stereocenters. The predicted octanol–water partition coefficient (Wildman–Crippen LogP) is 4.73. The summed E-state index contributed by atoms with van der Waals surface area (Å²) < 4.78 is 69.2. The summed E-state index contributed by atoms with van der Waals surface area (Å²) in [6, 6.07) is 16.4. The van der Waals surface area contributed by atoms with Crippen LogP contribution in [-0.4, -0.2) is 58.1 Å². The Bertz CT molecular complexity index is 1480. The number of alkyl halides is 3. The lowest BCUT2D eigenvalue weighted by Crippen LogP contribution is -2.33. The largest absolute Gasteiger partial charge is 0.416 e. The Kier molecular flexibility index (Phi) is 9.10. The number of halogens is 3. The number of hydrogen-bond donors (Lipinski definition) is 2. The molecule has 11 heteroatoms. The number of aliphatic hydroxyl groups excluding tert-OH is 1. The quantitative estimate of drug-likeness (QED) is 0.353. The minimum atomic E-state index is -4.41. The first-order chi connectivity index (χ1) is 19.4. The molecule has 0 spiro atoms. The molecule has 0 aromatic heterocycles. The molecule has 0 saturated carbocycles. The molecular formula is C30H33F3N2O5S. The lowest BCUT2D eigenvalue weighted by molar-refractivity contribution is -0.137. The summed E-state index contributed by atoms with van der Waals surface area (Å²) in [4.78, 5) is 14.6. The highest BCUT2D eigenvalue weighted by Crippen LogP contribution is 2.39. The number of nitrogens with zero attached hydrogens (tertiary/aromatic N) is 1. The smallest absolute Gasteiger partial charge is 0.395 e. The molecule has 1 heterocycles. The normalized spacial score (nSPS) is 18.4. The number of primary amides is 1. The van der Waals surface area contributed by atoms with Crippen LogP contribution in [0.5, 0.6) is 0 Å². The summed E-state index contributed by atoms with van der Waals surface area (Å²) in [6.45, 7) is 2.07. The van der Waals surface area contributed by atoms with Crippen molar-refractivity contribution in [3.63, 3.8) is 0 Å². The molecule has 4 rings (SSSR count). The Hall–Kier alpha value is -3.41. The molecule has 1 aliphatic heterocycles. The summed E-state index contributed by atoms with van der Waals surface area (Å²) in [5, 5.41) is 10.4. The van der Waals surface area contributed by atoms with Crippen LogP contribution < -0.4 is 10.6 Å². The van der Waals surface area contributed by atoms with Crippen LogP contribution in [0.25, 0.3) is 0 Å². The topological polar surface area (TPSA) is 110 Å². The van der Waals surface area contributed by atoms with Gasteiger partial charge in [0.2, 0.25) is 5.91 Å². The van der Waals surface area contributed by atoms with Gasteiger partial charge in [-0.3, -0.25) is 4.79 Å². The highest BCUT2D eigenvalue weighted by atomic mass is 32.2. The van der Waals surface area contributed by atoms with Crippen molar-refractivity contribution in [2.24, 2.45) is 5.73 Å². The van der Waals surface area contributed by atoms with Crippen LogP contribution in [-0.2, 0) is 20.8 Å². The van der Waals surface area contributed by atoms with E-state index in [0.717, 1.165) is 23.4 Å². The van der Waals surface area contributed by atoms with E-state index in [0.29, 0.717) is 30.7 Å². The molecule has 0 bridgehead atoms. The third kappa shape index (κ3) is 6.58. The fourth-order valence-corrected chi connectivity index (χ4v) is 6.35. The monoisotopic (exact) mass is 590 g/mol. The maximum absolute atomic E-state index is 13.1. The maximum Gasteiger partial charge on any atom is 0.416 e. The van der Waals surface area contributed by atoms with E-state index in [2.05, 4.69) is 4.90 Å². The van der Waals surface area contributed by atoms with Crippen molar-refractivity contribution >= 4 is 21.4 Å². The van der Waals surface area contributed by atoms with Crippen molar-refractivity contribution in [3.05, 3.63) is 94.5 Å². The van der Waals surface area contributed by atoms with Crippen molar-refractivity contribution in [1.82, 2.24) is 0 Å². The van der Waals surface area contributed by atoms with E-state index < -0.39 is 33.4 Å². The highest BCUT2D eigenvalue weighted by Gasteiger charge is 2.35. The number of aliphatic hydroxyl groups is 1. The van der Waals surface area contributed by atoms with Gasteiger partial charge in [-0.15, -0.1) is 0 Å². The van der Waals surface area contributed by atoms with Gasteiger partial charge in [-0.2, -0.15) is 13.2 Å². The number of nitrogens with two attached hydrogens (primary N) is 1. The second-order valence-electron chi connectivity index (χ2n) is 10.2. The van der Waals surface area contributed by atoms with Crippen molar-refractivity contribution in [1.29, 1.82) is 0 Å². The van der Waals surface area contributed by atoms with Crippen molar-refractivity contribution in [2.45, 2.75) is 42.3 Å². The van der Waals surface area contributed by atoms with Crippen molar-refractivity contribution in [3.8, 4) is 0 Å². The number of benzene rings is 3. The Morgan fingerprint density at radius 3 is 2.29 bits per heavy atom.